The van der Waals surface area contributed by atoms with Crippen molar-refractivity contribution in [2.45, 2.75) is 32.9 Å². The average Bonchev–Trinajstić information content (AvgIpc) is 3.10. The van der Waals surface area contributed by atoms with Crippen molar-refractivity contribution in [2.75, 3.05) is 0 Å². The van der Waals surface area contributed by atoms with Gasteiger partial charge in [-0.2, -0.15) is 5.10 Å². The van der Waals surface area contributed by atoms with Crippen molar-refractivity contribution in [3.63, 3.8) is 0 Å². The third-order valence-corrected chi connectivity index (χ3v) is 4.51. The molecule has 3 heterocycles. The van der Waals surface area contributed by atoms with Crippen LogP contribution >= 0.6 is 11.3 Å². The molecule has 104 valence electrons. The molecule has 20 heavy (non-hydrogen) atoms. The van der Waals surface area contributed by atoms with E-state index in [1.807, 2.05) is 40.7 Å². The molecule has 0 aliphatic heterocycles. The van der Waals surface area contributed by atoms with E-state index < -0.39 is 0 Å². The van der Waals surface area contributed by atoms with Crippen molar-refractivity contribution in [3.8, 4) is 0 Å². The smallest absolute Gasteiger partial charge is 0.259 e. The first-order valence-corrected chi connectivity index (χ1v) is 7.67. The van der Waals surface area contributed by atoms with Crippen LogP contribution in [0.4, 0.5) is 0 Å². The number of thiophene rings is 1. The summed E-state index contributed by atoms with van der Waals surface area (Å²) in [6.07, 6.45) is 4.88. The van der Waals surface area contributed by atoms with E-state index in [9.17, 15) is 4.79 Å². The molecule has 0 aliphatic carbocycles. The molecule has 0 amide bonds. The van der Waals surface area contributed by atoms with E-state index in [4.69, 9.17) is 0 Å². The molecular weight excluding hydrogens is 270 g/mol. The van der Waals surface area contributed by atoms with Crippen LogP contribution in [0.1, 0.15) is 32.0 Å². The molecule has 0 aliphatic rings. The molecule has 0 aromatic carbocycles. The topological polar surface area (TPSA) is 39.8 Å². The molecule has 0 saturated carbocycles. The number of aromatic nitrogens is 3. The zero-order chi connectivity index (χ0) is 14.1. The van der Waals surface area contributed by atoms with Gasteiger partial charge in [-0.05, 0) is 36.9 Å². The second-order valence-electron chi connectivity index (χ2n) is 4.99. The molecule has 1 unspecified atom stereocenters. The summed E-state index contributed by atoms with van der Waals surface area (Å²) >= 11 is 1.59. The van der Waals surface area contributed by atoms with Crippen LogP contribution in [0.25, 0.3) is 10.1 Å². The van der Waals surface area contributed by atoms with Crippen LogP contribution in [0.3, 0.4) is 0 Å². The summed E-state index contributed by atoms with van der Waals surface area (Å²) in [5.74, 6) is 0. The van der Waals surface area contributed by atoms with E-state index in [1.165, 1.54) is 0 Å². The summed E-state index contributed by atoms with van der Waals surface area (Å²) in [6.45, 7) is 4.80. The molecule has 0 bridgehead atoms. The molecule has 1 atom stereocenters. The van der Waals surface area contributed by atoms with Gasteiger partial charge in [0, 0.05) is 23.1 Å². The predicted octanol–water partition coefficient (Wildman–Crippen LogP) is 3.28. The van der Waals surface area contributed by atoms with E-state index in [-0.39, 0.29) is 5.56 Å². The highest BCUT2D eigenvalue weighted by molar-refractivity contribution is 7.17. The largest absolute Gasteiger partial charge is 0.309 e. The highest BCUT2D eigenvalue weighted by Crippen LogP contribution is 2.16. The maximum Gasteiger partial charge on any atom is 0.259 e. The van der Waals surface area contributed by atoms with E-state index >= 15 is 0 Å². The van der Waals surface area contributed by atoms with Gasteiger partial charge in [-0.25, -0.2) is 0 Å². The second kappa shape index (κ2) is 5.25. The van der Waals surface area contributed by atoms with Crippen molar-refractivity contribution in [1.82, 2.24) is 14.3 Å². The van der Waals surface area contributed by atoms with Crippen molar-refractivity contribution < 1.29 is 0 Å². The molecule has 3 aromatic heterocycles. The van der Waals surface area contributed by atoms with Gasteiger partial charge in [0.2, 0.25) is 0 Å². The first-order valence-electron chi connectivity index (χ1n) is 6.79. The minimum absolute atomic E-state index is 0.0573. The lowest BCUT2D eigenvalue weighted by atomic mass is 10.3. The first-order chi connectivity index (χ1) is 9.69. The van der Waals surface area contributed by atoms with E-state index in [0.717, 1.165) is 22.2 Å². The monoisotopic (exact) mass is 287 g/mol. The second-order valence-corrected chi connectivity index (χ2v) is 5.94. The molecular formula is C15H17N3OS. The summed E-state index contributed by atoms with van der Waals surface area (Å²) in [5.41, 5.74) is 0.976. The van der Waals surface area contributed by atoms with E-state index in [0.29, 0.717) is 12.6 Å². The van der Waals surface area contributed by atoms with Gasteiger partial charge in [0.1, 0.15) is 0 Å². The standard InChI is InChI=1S/C15H17N3OS/c1-3-11(2)18-8-4-12(16-18)10-17-7-5-14-13(15(17)19)6-9-20-14/h4-9,11H,3,10H2,1-2H3. The predicted molar refractivity (Wildman–Crippen MR) is 82.4 cm³/mol. The fourth-order valence-electron chi connectivity index (χ4n) is 2.20. The molecule has 3 rings (SSSR count). The molecule has 3 aromatic rings. The fraction of sp³-hybridized carbons (Fsp3) is 0.333. The zero-order valence-corrected chi connectivity index (χ0v) is 12.4. The van der Waals surface area contributed by atoms with E-state index in [1.54, 1.807) is 15.9 Å². The quantitative estimate of drug-likeness (QED) is 0.739. The van der Waals surface area contributed by atoms with Gasteiger partial charge in [-0.3, -0.25) is 9.48 Å². The van der Waals surface area contributed by atoms with Gasteiger partial charge in [0.25, 0.3) is 5.56 Å². The molecule has 0 N–H and O–H groups in total. The van der Waals surface area contributed by atoms with Crippen LogP contribution in [0, 0.1) is 0 Å². The number of rotatable bonds is 4. The van der Waals surface area contributed by atoms with Crippen LogP contribution in [-0.2, 0) is 6.54 Å². The fourth-order valence-corrected chi connectivity index (χ4v) is 2.97. The van der Waals surface area contributed by atoms with Crippen molar-refractivity contribution >= 4 is 21.4 Å². The molecule has 0 saturated heterocycles. The Kier molecular flexibility index (Phi) is 3.44. The van der Waals surface area contributed by atoms with Gasteiger partial charge in [-0.1, -0.05) is 6.92 Å². The lowest BCUT2D eigenvalue weighted by Gasteiger charge is -2.08. The van der Waals surface area contributed by atoms with Crippen molar-refractivity contribution in [3.05, 3.63) is 52.0 Å². The maximum atomic E-state index is 12.3. The average molecular weight is 287 g/mol. The molecule has 0 fully saturated rings. The van der Waals surface area contributed by atoms with Crippen LogP contribution in [-0.4, -0.2) is 14.3 Å². The molecule has 0 radical (unpaired) electrons. The Balaban J connectivity index is 1.91. The van der Waals surface area contributed by atoms with Crippen LogP contribution in [0.2, 0.25) is 0 Å². The van der Waals surface area contributed by atoms with Gasteiger partial charge in [-0.15, -0.1) is 11.3 Å². The first kappa shape index (κ1) is 13.1. The summed E-state index contributed by atoms with van der Waals surface area (Å²) in [4.78, 5) is 12.3. The Bertz CT molecular complexity index is 784. The third kappa shape index (κ3) is 2.29. The minimum Gasteiger partial charge on any atom is -0.309 e. The van der Waals surface area contributed by atoms with Gasteiger partial charge in [0.15, 0.2) is 0 Å². The van der Waals surface area contributed by atoms with Crippen LogP contribution in [0.15, 0.2) is 40.8 Å². The Morgan fingerprint density at radius 2 is 2.15 bits per heavy atom. The van der Waals surface area contributed by atoms with Gasteiger partial charge in [0.05, 0.1) is 17.6 Å². The zero-order valence-electron chi connectivity index (χ0n) is 11.6. The molecule has 0 spiro atoms. The third-order valence-electron chi connectivity index (χ3n) is 3.63. The maximum absolute atomic E-state index is 12.3. The Morgan fingerprint density at radius 3 is 2.95 bits per heavy atom. The number of nitrogens with zero attached hydrogens (tertiary/aromatic N) is 3. The highest BCUT2D eigenvalue weighted by atomic mass is 32.1. The lowest BCUT2D eigenvalue weighted by molar-refractivity contribution is 0.472. The highest BCUT2D eigenvalue weighted by Gasteiger charge is 2.08. The summed E-state index contributed by atoms with van der Waals surface area (Å²) in [6, 6.07) is 6.25. The summed E-state index contributed by atoms with van der Waals surface area (Å²) < 4.78 is 4.72. The minimum atomic E-state index is 0.0573. The SMILES string of the molecule is CCC(C)n1ccc(Cn2ccc3sccc3c2=O)n1. The van der Waals surface area contributed by atoms with Crippen LogP contribution < -0.4 is 5.56 Å². The number of pyridine rings is 1. The molecule has 4 nitrogen and oxygen atoms in total. The number of hydrogen-bond acceptors (Lipinski definition) is 3. The summed E-state index contributed by atoms with van der Waals surface area (Å²) in [7, 11) is 0. The Labute approximate surface area is 121 Å². The van der Waals surface area contributed by atoms with Crippen LogP contribution in [0.5, 0.6) is 0 Å². The van der Waals surface area contributed by atoms with Gasteiger partial charge >= 0.3 is 0 Å². The number of hydrogen-bond donors (Lipinski definition) is 0. The van der Waals surface area contributed by atoms with Crippen molar-refractivity contribution in [1.29, 1.82) is 0 Å². The number of fused-ring (bicyclic) bond motifs is 1. The molecule has 5 heteroatoms. The normalized spacial score (nSPS) is 12.9. The Morgan fingerprint density at radius 1 is 1.30 bits per heavy atom. The lowest BCUT2D eigenvalue weighted by Crippen LogP contribution is -2.19. The van der Waals surface area contributed by atoms with E-state index in [2.05, 4.69) is 18.9 Å². The Hall–Kier alpha value is -1.88. The van der Waals surface area contributed by atoms with Crippen molar-refractivity contribution in [2.24, 2.45) is 0 Å². The van der Waals surface area contributed by atoms with Gasteiger partial charge < -0.3 is 4.57 Å². The summed E-state index contributed by atoms with van der Waals surface area (Å²) in [5, 5.41) is 7.29.